The summed E-state index contributed by atoms with van der Waals surface area (Å²) in [5, 5.41) is 9.71. The number of alkyl halides is 3. The highest BCUT2D eigenvalue weighted by molar-refractivity contribution is 5.56. The second-order valence-corrected chi connectivity index (χ2v) is 5.23. The second kappa shape index (κ2) is 6.19. The van der Waals surface area contributed by atoms with E-state index in [0.717, 1.165) is 0 Å². The Bertz CT molecular complexity index is 482. The highest BCUT2D eigenvalue weighted by Crippen LogP contribution is 2.30. The molecule has 1 fully saturated rings. The molecular weight excluding hydrogens is 288 g/mol. The molecule has 0 radical (unpaired) electrons. The van der Waals surface area contributed by atoms with Gasteiger partial charge in [0.05, 0.1) is 18.3 Å². The highest BCUT2D eigenvalue weighted by atomic mass is 19.4. The molecule has 0 amide bonds. The van der Waals surface area contributed by atoms with Crippen molar-refractivity contribution in [3.05, 3.63) is 29.6 Å². The average molecular weight is 306 g/mol. The van der Waals surface area contributed by atoms with Crippen LogP contribution in [0.2, 0.25) is 0 Å². The minimum absolute atomic E-state index is 0.215. The molecule has 1 aliphatic heterocycles. The van der Waals surface area contributed by atoms with Gasteiger partial charge in [-0.05, 0) is 13.0 Å². The van der Waals surface area contributed by atoms with Crippen LogP contribution in [0.1, 0.15) is 18.6 Å². The van der Waals surface area contributed by atoms with Crippen LogP contribution in [0.4, 0.5) is 23.2 Å². The number of piperazine rings is 1. The zero-order valence-electron chi connectivity index (χ0n) is 11.7. The number of halogens is 4. The van der Waals surface area contributed by atoms with Crippen molar-refractivity contribution in [2.24, 2.45) is 0 Å². The Balaban J connectivity index is 2.09. The SMILES string of the molecule is C[C@@H](O)c1cccc(F)c1N1CCN(CC(F)(F)F)CC1. The molecule has 1 aromatic carbocycles. The van der Waals surface area contributed by atoms with Gasteiger partial charge in [0, 0.05) is 31.7 Å². The second-order valence-electron chi connectivity index (χ2n) is 5.23. The molecule has 1 saturated heterocycles. The van der Waals surface area contributed by atoms with Gasteiger partial charge in [0.2, 0.25) is 0 Å². The fourth-order valence-corrected chi connectivity index (χ4v) is 2.59. The van der Waals surface area contributed by atoms with E-state index in [-0.39, 0.29) is 13.1 Å². The van der Waals surface area contributed by atoms with Gasteiger partial charge in [-0.3, -0.25) is 4.90 Å². The first-order valence-electron chi connectivity index (χ1n) is 6.78. The Labute approximate surface area is 120 Å². The van der Waals surface area contributed by atoms with Crippen LogP contribution in [-0.2, 0) is 0 Å². The van der Waals surface area contributed by atoms with E-state index in [0.29, 0.717) is 24.3 Å². The van der Waals surface area contributed by atoms with E-state index < -0.39 is 24.6 Å². The Morgan fingerprint density at radius 1 is 1.19 bits per heavy atom. The van der Waals surface area contributed by atoms with Gasteiger partial charge in [0.15, 0.2) is 0 Å². The predicted molar refractivity (Wildman–Crippen MR) is 71.7 cm³/mol. The molecule has 0 unspecified atom stereocenters. The van der Waals surface area contributed by atoms with Crippen molar-refractivity contribution in [2.75, 3.05) is 37.6 Å². The lowest BCUT2D eigenvalue weighted by molar-refractivity contribution is -0.146. The van der Waals surface area contributed by atoms with Gasteiger partial charge >= 0.3 is 6.18 Å². The number of nitrogens with zero attached hydrogens (tertiary/aromatic N) is 2. The van der Waals surface area contributed by atoms with Crippen LogP contribution in [0.15, 0.2) is 18.2 Å². The quantitative estimate of drug-likeness (QED) is 0.870. The van der Waals surface area contributed by atoms with Crippen LogP contribution >= 0.6 is 0 Å². The van der Waals surface area contributed by atoms with Gasteiger partial charge in [0.1, 0.15) is 5.82 Å². The fraction of sp³-hybridized carbons (Fsp3) is 0.571. The number of para-hydroxylation sites is 1. The van der Waals surface area contributed by atoms with Crippen LogP contribution in [0.25, 0.3) is 0 Å². The lowest BCUT2D eigenvalue weighted by Gasteiger charge is -2.37. The van der Waals surface area contributed by atoms with E-state index in [1.807, 2.05) is 0 Å². The van der Waals surface area contributed by atoms with Crippen molar-refractivity contribution >= 4 is 5.69 Å². The summed E-state index contributed by atoms with van der Waals surface area (Å²) in [7, 11) is 0. The van der Waals surface area contributed by atoms with Gasteiger partial charge in [-0.1, -0.05) is 12.1 Å². The Kier molecular flexibility index (Phi) is 4.73. The normalized spacial score (nSPS) is 18.9. The van der Waals surface area contributed by atoms with E-state index >= 15 is 0 Å². The van der Waals surface area contributed by atoms with E-state index in [1.54, 1.807) is 11.0 Å². The topological polar surface area (TPSA) is 26.7 Å². The smallest absolute Gasteiger partial charge is 0.389 e. The van der Waals surface area contributed by atoms with E-state index in [2.05, 4.69) is 0 Å². The molecule has 1 aromatic rings. The molecule has 3 nitrogen and oxygen atoms in total. The monoisotopic (exact) mass is 306 g/mol. The van der Waals surface area contributed by atoms with Gasteiger partial charge < -0.3 is 10.0 Å². The molecule has 0 aliphatic carbocycles. The van der Waals surface area contributed by atoms with Crippen LogP contribution in [-0.4, -0.2) is 48.9 Å². The number of hydrogen-bond acceptors (Lipinski definition) is 3. The third kappa shape index (κ3) is 4.07. The number of aliphatic hydroxyl groups is 1. The maximum atomic E-state index is 14.0. The first kappa shape index (κ1) is 16.0. The van der Waals surface area contributed by atoms with Crippen molar-refractivity contribution in [2.45, 2.75) is 19.2 Å². The minimum Gasteiger partial charge on any atom is -0.389 e. The summed E-state index contributed by atoms with van der Waals surface area (Å²) >= 11 is 0. The predicted octanol–water partition coefficient (Wildman–Crippen LogP) is 2.56. The van der Waals surface area contributed by atoms with Gasteiger partial charge in [-0.25, -0.2) is 4.39 Å². The van der Waals surface area contributed by atoms with Gasteiger partial charge in [0.25, 0.3) is 0 Å². The number of hydrogen-bond donors (Lipinski definition) is 1. The third-order valence-corrected chi connectivity index (χ3v) is 3.56. The number of anilines is 1. The zero-order valence-corrected chi connectivity index (χ0v) is 11.7. The summed E-state index contributed by atoms with van der Waals surface area (Å²) < 4.78 is 51.1. The Morgan fingerprint density at radius 2 is 1.81 bits per heavy atom. The van der Waals surface area contributed by atoms with E-state index in [9.17, 15) is 22.7 Å². The van der Waals surface area contributed by atoms with Gasteiger partial charge in [-0.15, -0.1) is 0 Å². The molecule has 1 heterocycles. The molecule has 7 heteroatoms. The zero-order chi connectivity index (χ0) is 15.6. The van der Waals surface area contributed by atoms with Crippen molar-refractivity contribution < 1.29 is 22.7 Å². The molecule has 0 spiro atoms. The molecule has 1 atom stereocenters. The number of aliphatic hydroxyl groups excluding tert-OH is 1. The summed E-state index contributed by atoms with van der Waals surface area (Å²) in [5.74, 6) is -0.460. The van der Waals surface area contributed by atoms with E-state index in [4.69, 9.17) is 0 Å². The number of rotatable bonds is 3. The van der Waals surface area contributed by atoms with Crippen molar-refractivity contribution in [1.82, 2.24) is 4.90 Å². The van der Waals surface area contributed by atoms with Crippen molar-refractivity contribution in [3.63, 3.8) is 0 Å². The minimum atomic E-state index is -4.22. The van der Waals surface area contributed by atoms with Crippen LogP contribution in [0.5, 0.6) is 0 Å². The summed E-state index contributed by atoms with van der Waals surface area (Å²) in [4.78, 5) is 3.00. The highest BCUT2D eigenvalue weighted by Gasteiger charge is 2.32. The summed E-state index contributed by atoms with van der Waals surface area (Å²) in [5.41, 5.74) is 0.749. The standard InChI is InChI=1S/C14H18F4N2O/c1-10(21)11-3-2-4-12(15)13(11)20-7-5-19(6-8-20)9-14(16,17)18/h2-4,10,21H,5-9H2,1H3/t10-/m1/s1. The summed E-state index contributed by atoms with van der Waals surface area (Å²) in [6, 6.07) is 4.44. The van der Waals surface area contributed by atoms with Crippen molar-refractivity contribution in [3.8, 4) is 0 Å². The molecule has 0 aromatic heterocycles. The van der Waals surface area contributed by atoms with E-state index in [1.165, 1.54) is 24.0 Å². The molecular formula is C14H18F4N2O. The molecule has 0 bridgehead atoms. The maximum absolute atomic E-state index is 14.0. The first-order chi connectivity index (χ1) is 9.78. The summed E-state index contributed by atoms with van der Waals surface area (Å²) in [6.07, 6.45) is -5.05. The third-order valence-electron chi connectivity index (χ3n) is 3.56. The summed E-state index contributed by atoms with van der Waals surface area (Å²) in [6.45, 7) is 1.63. The molecule has 2 rings (SSSR count). The number of benzene rings is 1. The maximum Gasteiger partial charge on any atom is 0.401 e. The van der Waals surface area contributed by atoms with Crippen molar-refractivity contribution in [1.29, 1.82) is 0 Å². The molecule has 21 heavy (non-hydrogen) atoms. The average Bonchev–Trinajstić information content (AvgIpc) is 2.37. The molecule has 0 saturated carbocycles. The Morgan fingerprint density at radius 3 is 2.33 bits per heavy atom. The van der Waals surface area contributed by atoms with Crippen LogP contribution in [0.3, 0.4) is 0 Å². The van der Waals surface area contributed by atoms with Crippen LogP contribution < -0.4 is 4.90 Å². The van der Waals surface area contributed by atoms with Gasteiger partial charge in [-0.2, -0.15) is 13.2 Å². The Hall–Kier alpha value is -1.34. The first-order valence-corrected chi connectivity index (χ1v) is 6.78. The lowest BCUT2D eigenvalue weighted by atomic mass is 10.1. The van der Waals surface area contributed by atoms with Crippen LogP contribution in [0, 0.1) is 5.82 Å². The fourth-order valence-electron chi connectivity index (χ4n) is 2.59. The molecule has 1 aliphatic rings. The largest absolute Gasteiger partial charge is 0.401 e. The molecule has 1 N–H and O–H groups in total. The molecule has 118 valence electrons. The lowest BCUT2D eigenvalue weighted by Crippen LogP contribution is -2.49.